The number of hydrogen-bond acceptors (Lipinski definition) is 2. The van der Waals surface area contributed by atoms with Gasteiger partial charge in [-0.1, -0.05) is 41.5 Å². The van der Waals surface area contributed by atoms with E-state index in [1.807, 2.05) is 0 Å². The number of rotatable bonds is 15. The number of likely N-dealkylation sites (tertiary alicyclic amines) is 2. The minimum Gasteiger partial charge on any atom is -0.870 e. The first-order chi connectivity index (χ1) is 14.5. The summed E-state index contributed by atoms with van der Waals surface area (Å²) in [6.07, 6.45) is 14.2. The van der Waals surface area contributed by atoms with Crippen LogP contribution in [0.3, 0.4) is 0 Å². The van der Waals surface area contributed by atoms with E-state index >= 15 is 0 Å². The summed E-state index contributed by atoms with van der Waals surface area (Å²) in [4.78, 5) is 0. The quantitative estimate of drug-likeness (QED) is 0.201. The Balaban J connectivity index is 0.00000480. The molecule has 4 atom stereocenters. The van der Waals surface area contributed by atoms with E-state index in [2.05, 4.69) is 41.5 Å². The van der Waals surface area contributed by atoms with E-state index in [0.29, 0.717) is 0 Å². The first kappa shape index (κ1) is 31.8. The molecule has 0 aliphatic carbocycles. The normalized spacial score (nSPS) is 34.3. The molecule has 0 aromatic rings. The highest BCUT2D eigenvalue weighted by molar-refractivity contribution is 4.76. The summed E-state index contributed by atoms with van der Waals surface area (Å²) < 4.78 is 2.92. The van der Waals surface area contributed by atoms with Gasteiger partial charge in [-0.05, 0) is 64.2 Å². The summed E-state index contributed by atoms with van der Waals surface area (Å²) in [5.74, 6) is 3.97. The van der Waals surface area contributed by atoms with Gasteiger partial charge < -0.3 is 19.9 Å². The van der Waals surface area contributed by atoms with Crippen LogP contribution in [0.25, 0.3) is 0 Å². The minimum atomic E-state index is 0. The molecular weight excluding hydrogens is 396 g/mol. The second kappa shape index (κ2) is 15.7. The molecule has 2 aliphatic heterocycles. The van der Waals surface area contributed by atoms with Gasteiger partial charge in [0.1, 0.15) is 0 Å². The zero-order valence-electron chi connectivity index (χ0n) is 22.8. The predicted octanol–water partition coefficient (Wildman–Crippen LogP) is 6.78. The predicted molar refractivity (Wildman–Crippen MR) is 138 cm³/mol. The van der Waals surface area contributed by atoms with E-state index in [1.54, 1.807) is 0 Å². The van der Waals surface area contributed by atoms with Crippen LogP contribution in [-0.4, -0.2) is 72.3 Å². The molecule has 194 valence electrons. The number of nitrogens with zero attached hydrogens (tertiary/aromatic N) is 2. The highest BCUT2D eigenvalue weighted by atomic mass is 16.0. The van der Waals surface area contributed by atoms with E-state index in [9.17, 15) is 0 Å². The first-order valence-corrected chi connectivity index (χ1v) is 14.2. The average molecular weight is 457 g/mol. The van der Waals surface area contributed by atoms with Gasteiger partial charge in [-0.3, -0.25) is 0 Å². The summed E-state index contributed by atoms with van der Waals surface area (Å²) in [6.45, 7) is 26.2. The summed E-state index contributed by atoms with van der Waals surface area (Å²) in [5.41, 5.74) is 0. The zero-order chi connectivity index (χ0) is 22.0. The molecule has 0 spiro atoms. The highest BCUT2D eigenvalue weighted by Gasteiger charge is 2.43. The standard InChI is InChI=1S/C28H58N2.2H2O/c1-7-17-29(21-25(9-3)26(10-4)22-29)19-15-13-14-16-20-30(18-8-2)23-27(11-5)28(12-6)24-30;;/h25-28H,7-24H2,1-6H3;2*1H2/q+2;;/p-2. The molecule has 0 aromatic carbocycles. The van der Waals surface area contributed by atoms with Crippen LogP contribution in [0.2, 0.25) is 0 Å². The van der Waals surface area contributed by atoms with Crippen molar-refractivity contribution in [1.29, 1.82) is 0 Å². The Bertz CT molecular complexity index is 404. The van der Waals surface area contributed by atoms with Crippen molar-refractivity contribution < 1.29 is 19.9 Å². The molecule has 0 radical (unpaired) electrons. The van der Waals surface area contributed by atoms with Gasteiger partial charge in [0.05, 0.1) is 52.4 Å². The van der Waals surface area contributed by atoms with Gasteiger partial charge in [0.15, 0.2) is 0 Å². The van der Waals surface area contributed by atoms with Crippen LogP contribution in [-0.2, 0) is 0 Å². The molecule has 0 aromatic heterocycles. The SMILES string of the molecule is CCC[N+]1(CCCCCC[N+]2(CCC)CC(CC)C(CC)C2)CC(CC)C(CC)C1.[OH-].[OH-]. The summed E-state index contributed by atoms with van der Waals surface area (Å²) >= 11 is 0. The first-order valence-electron chi connectivity index (χ1n) is 14.2. The lowest BCUT2D eigenvalue weighted by atomic mass is 9.92. The third kappa shape index (κ3) is 8.25. The molecule has 4 heteroatoms. The van der Waals surface area contributed by atoms with E-state index in [4.69, 9.17) is 0 Å². The van der Waals surface area contributed by atoms with Crippen molar-refractivity contribution >= 4 is 0 Å². The van der Waals surface area contributed by atoms with Crippen LogP contribution < -0.4 is 0 Å². The van der Waals surface area contributed by atoms with Crippen molar-refractivity contribution in [2.75, 3.05) is 52.4 Å². The van der Waals surface area contributed by atoms with Gasteiger partial charge in [-0.2, -0.15) is 0 Å². The maximum Gasteiger partial charge on any atom is 0.0820 e. The fourth-order valence-corrected chi connectivity index (χ4v) is 7.74. The molecular formula is C28H60N2O2. The molecule has 2 heterocycles. The molecule has 4 nitrogen and oxygen atoms in total. The van der Waals surface area contributed by atoms with Crippen LogP contribution in [0.1, 0.15) is 106 Å². The van der Waals surface area contributed by atoms with Gasteiger partial charge >= 0.3 is 0 Å². The van der Waals surface area contributed by atoms with Gasteiger partial charge in [0, 0.05) is 23.7 Å². The van der Waals surface area contributed by atoms with Gasteiger partial charge in [0.25, 0.3) is 0 Å². The fourth-order valence-electron chi connectivity index (χ4n) is 7.74. The molecule has 4 unspecified atom stereocenters. The summed E-state index contributed by atoms with van der Waals surface area (Å²) in [5, 5.41) is 0. The van der Waals surface area contributed by atoms with Crippen LogP contribution >= 0.6 is 0 Å². The summed E-state index contributed by atoms with van der Waals surface area (Å²) in [6, 6.07) is 0. The van der Waals surface area contributed by atoms with Crippen LogP contribution in [0, 0.1) is 23.7 Å². The summed E-state index contributed by atoms with van der Waals surface area (Å²) in [7, 11) is 0. The smallest absolute Gasteiger partial charge is 0.0820 e. The molecule has 2 saturated heterocycles. The van der Waals surface area contributed by atoms with Crippen molar-refractivity contribution in [2.24, 2.45) is 23.7 Å². The maximum absolute atomic E-state index is 2.43. The van der Waals surface area contributed by atoms with Crippen molar-refractivity contribution in [1.82, 2.24) is 0 Å². The van der Waals surface area contributed by atoms with Crippen molar-refractivity contribution in [3.05, 3.63) is 0 Å². The molecule has 2 N–H and O–H groups in total. The van der Waals surface area contributed by atoms with Crippen molar-refractivity contribution in [2.45, 2.75) is 106 Å². The van der Waals surface area contributed by atoms with E-state index in [0.717, 1.165) is 23.7 Å². The zero-order valence-corrected chi connectivity index (χ0v) is 22.8. The van der Waals surface area contributed by atoms with Gasteiger partial charge in [-0.15, -0.1) is 0 Å². The van der Waals surface area contributed by atoms with Gasteiger partial charge in [0.2, 0.25) is 0 Å². The maximum atomic E-state index is 2.43. The number of quaternary nitrogens is 2. The van der Waals surface area contributed by atoms with Crippen LogP contribution in [0.5, 0.6) is 0 Å². The molecule has 0 saturated carbocycles. The monoisotopic (exact) mass is 456 g/mol. The van der Waals surface area contributed by atoms with Crippen LogP contribution in [0.4, 0.5) is 0 Å². The Morgan fingerprint density at radius 1 is 0.438 bits per heavy atom. The van der Waals surface area contributed by atoms with Crippen molar-refractivity contribution in [3.63, 3.8) is 0 Å². The minimum absolute atomic E-state index is 0. The van der Waals surface area contributed by atoms with E-state index in [1.165, 1.54) is 126 Å². The lowest BCUT2D eigenvalue weighted by Crippen LogP contribution is -2.48. The molecule has 0 bridgehead atoms. The average Bonchev–Trinajstić information content (AvgIpc) is 3.29. The topological polar surface area (TPSA) is 60.0 Å². The molecule has 2 rings (SSSR count). The Kier molecular flexibility index (Phi) is 15.6. The Morgan fingerprint density at radius 3 is 0.938 bits per heavy atom. The lowest BCUT2D eigenvalue weighted by molar-refractivity contribution is -0.920. The van der Waals surface area contributed by atoms with E-state index < -0.39 is 0 Å². The molecule has 2 aliphatic rings. The molecule has 0 amide bonds. The Hall–Kier alpha value is -0.160. The largest absolute Gasteiger partial charge is 0.870 e. The second-order valence-corrected chi connectivity index (χ2v) is 11.4. The van der Waals surface area contributed by atoms with Gasteiger partial charge in [-0.25, -0.2) is 0 Å². The second-order valence-electron chi connectivity index (χ2n) is 11.4. The molecule has 2 fully saturated rings. The van der Waals surface area contributed by atoms with E-state index in [-0.39, 0.29) is 11.0 Å². The third-order valence-corrected chi connectivity index (χ3v) is 9.33. The number of unbranched alkanes of at least 4 members (excludes halogenated alkanes) is 3. The number of hydrogen-bond donors (Lipinski definition) is 0. The third-order valence-electron chi connectivity index (χ3n) is 9.33. The lowest BCUT2D eigenvalue weighted by Gasteiger charge is -2.36. The molecule has 32 heavy (non-hydrogen) atoms. The Labute approximate surface area is 201 Å². The highest BCUT2D eigenvalue weighted by Crippen LogP contribution is 2.36. The van der Waals surface area contributed by atoms with Crippen LogP contribution in [0.15, 0.2) is 0 Å². The fraction of sp³-hybridized carbons (Fsp3) is 1.00. The van der Waals surface area contributed by atoms with Crippen molar-refractivity contribution in [3.8, 4) is 0 Å². The Morgan fingerprint density at radius 2 is 0.719 bits per heavy atom.